The molecule has 15 heavy (non-hydrogen) atoms. The first-order valence-corrected chi connectivity index (χ1v) is 6.92. The maximum Gasteiger partial charge on any atom is 0.0595 e. The summed E-state index contributed by atoms with van der Waals surface area (Å²) in [7, 11) is 0. The van der Waals surface area contributed by atoms with Gasteiger partial charge in [0.2, 0.25) is 0 Å². The largest absolute Gasteiger partial charge is 0.309 e. The highest BCUT2D eigenvalue weighted by Gasteiger charge is 2.14. The average Bonchev–Trinajstić information content (AvgIpc) is 2.73. The summed E-state index contributed by atoms with van der Waals surface area (Å²) in [4.78, 5) is 0. The number of thioether (sulfide) groups is 1. The smallest absolute Gasteiger partial charge is 0.0595 e. The molecule has 0 bridgehead atoms. The van der Waals surface area contributed by atoms with Gasteiger partial charge in [0.15, 0.2) is 0 Å². The van der Waals surface area contributed by atoms with Gasteiger partial charge in [-0.05, 0) is 29.9 Å². The Bertz CT molecular complexity index is 337. The monoisotopic (exact) mass is 261 g/mol. The van der Waals surface area contributed by atoms with Crippen LogP contribution in [0.2, 0.25) is 10.0 Å². The molecule has 1 N–H and O–H groups in total. The van der Waals surface area contributed by atoms with Gasteiger partial charge < -0.3 is 5.32 Å². The highest BCUT2D eigenvalue weighted by Crippen LogP contribution is 2.23. The number of benzene rings is 1. The highest BCUT2D eigenvalue weighted by atomic mass is 35.5. The Morgan fingerprint density at radius 3 is 2.87 bits per heavy atom. The van der Waals surface area contributed by atoms with Crippen LogP contribution in [-0.4, -0.2) is 17.5 Å². The van der Waals surface area contributed by atoms with E-state index in [1.54, 1.807) is 0 Å². The highest BCUT2D eigenvalue weighted by molar-refractivity contribution is 7.99. The molecule has 1 nitrogen and oxygen atoms in total. The van der Waals surface area contributed by atoms with Crippen molar-refractivity contribution >= 4 is 35.0 Å². The van der Waals surface area contributed by atoms with Gasteiger partial charge in [0, 0.05) is 18.3 Å². The first-order chi connectivity index (χ1) is 7.25. The van der Waals surface area contributed by atoms with Crippen LogP contribution >= 0.6 is 35.0 Å². The van der Waals surface area contributed by atoms with Crippen LogP contribution in [0.5, 0.6) is 0 Å². The van der Waals surface area contributed by atoms with Crippen molar-refractivity contribution in [3.05, 3.63) is 33.8 Å². The summed E-state index contributed by atoms with van der Waals surface area (Å²) in [5.74, 6) is 2.50. The second kappa shape index (κ2) is 5.44. The molecule has 1 aromatic carbocycles. The summed E-state index contributed by atoms with van der Waals surface area (Å²) in [6, 6.07) is 6.46. The molecule has 1 heterocycles. The van der Waals surface area contributed by atoms with Crippen molar-refractivity contribution in [2.24, 2.45) is 0 Å². The Kier molecular flexibility index (Phi) is 4.21. The maximum absolute atomic E-state index is 5.95. The molecule has 1 atom stereocenters. The molecule has 0 radical (unpaired) electrons. The second-order valence-electron chi connectivity index (χ2n) is 3.69. The minimum Gasteiger partial charge on any atom is -0.309 e. The van der Waals surface area contributed by atoms with E-state index < -0.39 is 0 Å². The van der Waals surface area contributed by atoms with Gasteiger partial charge in [-0.1, -0.05) is 29.3 Å². The van der Waals surface area contributed by atoms with Crippen molar-refractivity contribution in [3.8, 4) is 0 Å². The van der Waals surface area contributed by atoms with Crippen LogP contribution in [0.3, 0.4) is 0 Å². The second-order valence-corrected chi connectivity index (χ2v) is 5.65. The van der Waals surface area contributed by atoms with E-state index >= 15 is 0 Å². The van der Waals surface area contributed by atoms with Crippen LogP contribution in [0.15, 0.2) is 18.2 Å². The first-order valence-electron chi connectivity index (χ1n) is 5.01. The van der Waals surface area contributed by atoms with Crippen LogP contribution in [-0.2, 0) is 6.54 Å². The van der Waals surface area contributed by atoms with Crippen molar-refractivity contribution in [3.63, 3.8) is 0 Å². The van der Waals surface area contributed by atoms with E-state index in [0.29, 0.717) is 16.1 Å². The van der Waals surface area contributed by atoms with Crippen LogP contribution in [0, 0.1) is 0 Å². The van der Waals surface area contributed by atoms with Gasteiger partial charge in [-0.15, -0.1) is 0 Å². The summed E-state index contributed by atoms with van der Waals surface area (Å²) < 4.78 is 0. The van der Waals surface area contributed by atoms with Crippen molar-refractivity contribution in [2.75, 3.05) is 11.5 Å². The van der Waals surface area contributed by atoms with Gasteiger partial charge in [-0.3, -0.25) is 0 Å². The lowest BCUT2D eigenvalue weighted by atomic mass is 10.2. The van der Waals surface area contributed by atoms with E-state index in [0.717, 1.165) is 6.54 Å². The standard InChI is InChI=1S/C11H13Cl2NS/c12-10-2-1-8(5-11(10)13)6-14-9-3-4-15-7-9/h1-2,5,9,14H,3-4,6-7H2. The third kappa shape index (κ3) is 3.28. The van der Waals surface area contributed by atoms with Gasteiger partial charge >= 0.3 is 0 Å². The van der Waals surface area contributed by atoms with Crippen LogP contribution < -0.4 is 5.32 Å². The van der Waals surface area contributed by atoms with E-state index in [4.69, 9.17) is 23.2 Å². The van der Waals surface area contributed by atoms with Crippen molar-refractivity contribution in [2.45, 2.75) is 19.0 Å². The van der Waals surface area contributed by atoms with Crippen LogP contribution in [0.1, 0.15) is 12.0 Å². The topological polar surface area (TPSA) is 12.0 Å². The van der Waals surface area contributed by atoms with E-state index in [-0.39, 0.29) is 0 Å². The normalized spacial score (nSPS) is 20.8. The lowest BCUT2D eigenvalue weighted by molar-refractivity contribution is 0.558. The number of rotatable bonds is 3. The zero-order valence-electron chi connectivity index (χ0n) is 8.30. The Morgan fingerprint density at radius 2 is 2.20 bits per heavy atom. The Labute approximate surface area is 105 Å². The number of hydrogen-bond donors (Lipinski definition) is 1. The zero-order valence-corrected chi connectivity index (χ0v) is 10.6. The van der Waals surface area contributed by atoms with E-state index in [2.05, 4.69) is 5.32 Å². The summed E-state index contributed by atoms with van der Waals surface area (Å²) in [6.07, 6.45) is 1.27. The number of halogens is 2. The molecule has 1 saturated heterocycles. The predicted molar refractivity (Wildman–Crippen MR) is 69.0 cm³/mol. The Morgan fingerprint density at radius 1 is 1.33 bits per heavy atom. The van der Waals surface area contributed by atoms with E-state index in [9.17, 15) is 0 Å². The van der Waals surface area contributed by atoms with Gasteiger partial charge in [-0.2, -0.15) is 11.8 Å². The zero-order chi connectivity index (χ0) is 10.7. The molecule has 1 aliphatic rings. The molecule has 1 aromatic rings. The molecule has 0 saturated carbocycles. The van der Waals surface area contributed by atoms with Crippen LogP contribution in [0.4, 0.5) is 0 Å². The molecule has 0 spiro atoms. The summed E-state index contributed by atoms with van der Waals surface area (Å²) in [5.41, 5.74) is 1.20. The molecule has 1 fully saturated rings. The third-order valence-corrected chi connectivity index (χ3v) is 4.41. The lowest BCUT2D eigenvalue weighted by Crippen LogP contribution is -2.27. The fraction of sp³-hybridized carbons (Fsp3) is 0.455. The van der Waals surface area contributed by atoms with Gasteiger partial charge in [0.25, 0.3) is 0 Å². The summed E-state index contributed by atoms with van der Waals surface area (Å²) in [5, 5.41) is 4.78. The maximum atomic E-state index is 5.95. The lowest BCUT2D eigenvalue weighted by Gasteiger charge is -2.11. The SMILES string of the molecule is Clc1ccc(CNC2CCSC2)cc1Cl. The van der Waals surface area contributed by atoms with Crippen molar-refractivity contribution in [1.82, 2.24) is 5.32 Å². The van der Waals surface area contributed by atoms with Crippen LogP contribution in [0.25, 0.3) is 0 Å². The van der Waals surface area contributed by atoms with Gasteiger partial charge in [0.05, 0.1) is 10.0 Å². The molecule has 82 valence electrons. The molecule has 0 aliphatic carbocycles. The number of nitrogens with one attached hydrogen (secondary N) is 1. The van der Waals surface area contributed by atoms with E-state index in [1.807, 2.05) is 30.0 Å². The summed E-state index contributed by atoms with van der Waals surface area (Å²) in [6.45, 7) is 0.877. The quantitative estimate of drug-likeness (QED) is 0.893. The first kappa shape index (κ1) is 11.6. The van der Waals surface area contributed by atoms with Crippen molar-refractivity contribution in [1.29, 1.82) is 0 Å². The molecule has 4 heteroatoms. The molecular weight excluding hydrogens is 249 g/mol. The fourth-order valence-corrected chi connectivity index (χ4v) is 3.11. The fourth-order valence-electron chi connectivity index (χ4n) is 1.61. The minimum absolute atomic E-state index is 0.622. The molecule has 0 aromatic heterocycles. The van der Waals surface area contributed by atoms with Crippen molar-refractivity contribution < 1.29 is 0 Å². The molecule has 0 amide bonds. The molecular formula is C11H13Cl2NS. The number of hydrogen-bond acceptors (Lipinski definition) is 2. The van der Waals surface area contributed by atoms with E-state index in [1.165, 1.54) is 23.5 Å². The molecule has 1 aliphatic heterocycles. The molecule has 1 unspecified atom stereocenters. The third-order valence-electron chi connectivity index (χ3n) is 2.51. The molecule has 2 rings (SSSR count). The predicted octanol–water partition coefficient (Wildman–Crippen LogP) is 3.59. The van der Waals surface area contributed by atoms with Gasteiger partial charge in [-0.25, -0.2) is 0 Å². The van der Waals surface area contributed by atoms with Gasteiger partial charge in [0.1, 0.15) is 0 Å². The minimum atomic E-state index is 0.622. The summed E-state index contributed by atoms with van der Waals surface area (Å²) >= 11 is 13.8. The average molecular weight is 262 g/mol. The Balaban J connectivity index is 1.90. The Hall–Kier alpha value is 0.110.